The van der Waals surface area contributed by atoms with Crippen LogP contribution in [0, 0.1) is 50.3 Å². The molecule has 6 heterocycles. The van der Waals surface area contributed by atoms with Gasteiger partial charge < -0.3 is 60.1 Å². The number of Topliss-reactive ketones (excluding diaryl/α,β-unsaturated/α-hetero) is 1. The molecule has 4 aromatic rings. The summed E-state index contributed by atoms with van der Waals surface area (Å²) in [5, 5.41) is 65.8. The molecule has 2 aromatic carbocycles. The van der Waals surface area contributed by atoms with Gasteiger partial charge in [-0.1, -0.05) is 45.9 Å². The average molecular weight is 1040 g/mol. The zero-order valence-electron chi connectivity index (χ0n) is 44.1. The Hall–Kier alpha value is -6.96. The third-order valence-electron chi connectivity index (χ3n) is 15.6. The fraction of sp³-hybridized carbons (Fsp3) is 0.482. The number of methoxy groups -OCH3 is 1. The molecule has 1 saturated heterocycles. The first-order valence-corrected chi connectivity index (χ1v) is 25.4. The molecule has 4 aliphatic heterocycles. The minimum Gasteiger partial charge on any atom is -0.507 e. The number of anilines is 2. The third-order valence-corrected chi connectivity index (χ3v) is 15.6. The van der Waals surface area contributed by atoms with Crippen molar-refractivity contribution in [3.8, 4) is 23.0 Å². The number of ketones is 1. The van der Waals surface area contributed by atoms with Crippen LogP contribution in [0.2, 0.25) is 0 Å². The fourth-order valence-corrected chi connectivity index (χ4v) is 11.0. The van der Waals surface area contributed by atoms with Crippen molar-refractivity contribution in [1.29, 1.82) is 0 Å². The number of allylic oxidation sites excluding steroid dienone is 2. The minimum absolute atomic E-state index is 0.00413. The number of pyridine rings is 2. The number of nitrogens with zero attached hydrogens (tertiary/aromatic N) is 3. The molecule has 7 N–H and O–H groups in total. The first-order valence-electron chi connectivity index (χ1n) is 25.4. The van der Waals surface area contributed by atoms with Crippen LogP contribution in [0.25, 0.3) is 16.3 Å². The number of hydrogen-bond acceptors (Lipinski definition) is 16. The van der Waals surface area contributed by atoms with Gasteiger partial charge in [-0.3, -0.25) is 23.6 Å². The predicted octanol–water partition coefficient (Wildman–Crippen LogP) is 7.20. The van der Waals surface area contributed by atoms with E-state index >= 15 is 4.39 Å². The number of aliphatic hydroxyl groups is 2. The number of hydrazone groups is 1. The molecule has 19 heteroatoms. The molecule has 402 valence electrons. The molecule has 0 radical (unpaired) electrons. The van der Waals surface area contributed by atoms with Crippen molar-refractivity contribution in [1.82, 2.24) is 9.83 Å². The monoisotopic (exact) mass is 1040 g/mol. The highest BCUT2D eigenvalue weighted by Gasteiger charge is 2.50. The standard InChI is InChI=1S/C56H68FN5O13/c1-25-13-12-14-26(2)54(70)59-43-37(22-58-60-35-17-19-61(23-35)45-29(5)44-36(34-15-16-34)21-27(3)55(71)62(44)24-38(45)57)49(67)40-41(50(43)68)48(66)32(8)52-42(40)53(69)56(10,75-52)73-20-18-39(72-11)28(4)51(74-33(9)63)31(7)47(65)30(6)46(25)64/h12-14,18,20-22,24-25,28,30-31,34-35,39,46-47,51,60,64-68H,15-17,19,23H2,1-11H3,(H,59,70)/b13-12+,20-18+,26-14-,58-22+/t25-,28+,30+,31+,35-,39-,46-,47+,51+,56-/m0/s1. The van der Waals surface area contributed by atoms with Gasteiger partial charge in [0.05, 0.1) is 76.4 Å². The number of carbonyl (C=O) groups excluding carboxylic acids is 3. The van der Waals surface area contributed by atoms with E-state index in [1.165, 1.54) is 63.8 Å². The van der Waals surface area contributed by atoms with Crippen LogP contribution < -0.4 is 25.9 Å². The second kappa shape index (κ2) is 21.0. The number of nitrogens with one attached hydrogen (secondary N) is 2. The van der Waals surface area contributed by atoms with Gasteiger partial charge in [0, 0.05) is 79.8 Å². The Morgan fingerprint density at radius 3 is 2.32 bits per heavy atom. The summed E-state index contributed by atoms with van der Waals surface area (Å²) in [5.41, 5.74) is 5.33. The molecule has 2 aromatic heterocycles. The zero-order valence-corrected chi connectivity index (χ0v) is 44.1. The van der Waals surface area contributed by atoms with Crippen LogP contribution in [0.5, 0.6) is 23.0 Å². The van der Waals surface area contributed by atoms with Gasteiger partial charge in [-0.15, -0.1) is 0 Å². The van der Waals surface area contributed by atoms with Gasteiger partial charge in [0.2, 0.25) is 0 Å². The van der Waals surface area contributed by atoms with Crippen molar-refractivity contribution < 1.29 is 63.3 Å². The molecule has 0 unspecified atom stereocenters. The minimum atomic E-state index is -2.12. The molecule has 5 aliphatic rings. The lowest BCUT2D eigenvalue weighted by Gasteiger charge is -2.38. The number of phenolic OH excluding ortho intramolecular Hbond substituents is 3. The normalized spacial score (nSPS) is 29.3. The van der Waals surface area contributed by atoms with E-state index in [9.17, 15) is 44.7 Å². The number of esters is 1. The number of hydrogen-bond donors (Lipinski definition) is 7. The van der Waals surface area contributed by atoms with E-state index in [1.807, 2.05) is 17.9 Å². The number of aromatic nitrogens is 1. The molecule has 75 heavy (non-hydrogen) atoms. The second-order valence-corrected chi connectivity index (χ2v) is 21.0. The molecular formula is C56H68FN5O13. The Kier molecular flexibility index (Phi) is 15.2. The van der Waals surface area contributed by atoms with Gasteiger partial charge in [0.1, 0.15) is 23.4 Å². The maximum Gasteiger partial charge on any atom is 0.312 e. The maximum atomic E-state index is 16.1. The van der Waals surface area contributed by atoms with Crippen LogP contribution in [0.4, 0.5) is 15.8 Å². The topological polar surface area (TPSA) is 250 Å². The number of fused-ring (bicyclic) bond motifs is 15. The maximum absolute atomic E-state index is 16.1. The number of aryl methyl sites for hydroxylation is 2. The molecule has 1 amide bonds. The summed E-state index contributed by atoms with van der Waals surface area (Å²) >= 11 is 0. The highest BCUT2D eigenvalue weighted by Crippen LogP contribution is 2.55. The number of rotatable bonds is 7. The Labute approximate surface area is 434 Å². The summed E-state index contributed by atoms with van der Waals surface area (Å²) < 4.78 is 41.3. The number of aromatic hydroxyl groups is 3. The lowest BCUT2D eigenvalue weighted by atomic mass is 9.78. The molecular weight excluding hydrogens is 970 g/mol. The third kappa shape index (κ3) is 9.92. The van der Waals surface area contributed by atoms with Crippen molar-refractivity contribution >= 4 is 51.5 Å². The first kappa shape index (κ1) is 54.3. The van der Waals surface area contributed by atoms with Gasteiger partial charge >= 0.3 is 11.8 Å². The Bertz CT molecular complexity index is 3160. The summed E-state index contributed by atoms with van der Waals surface area (Å²) in [5.74, 6) is -9.29. The number of carbonyl (C=O) groups is 3. The molecule has 9 rings (SSSR count). The van der Waals surface area contributed by atoms with Crippen LogP contribution in [0.1, 0.15) is 112 Å². The molecule has 18 nitrogen and oxygen atoms in total. The SMILES string of the molecule is CO[C@H]1/C=C/O[C@@]2(C)Oc3c(C)c(O)c4c(O)c(c(/C=N/N[C@H]5CCN(c6c(F)cn7c(=O)c(C)cc(C8CC8)c7c6C)C5)c(O)c4c3C2=O)NC(=O)/C(C)=C\C=C\[C@H](C)[C@H](O)[C@@H](C)[C@@H](O)[C@@H](C)[C@H](OC(C)=O)[C@@H]1C. The number of halogens is 1. The highest BCUT2D eigenvalue weighted by molar-refractivity contribution is 6.24. The van der Waals surface area contributed by atoms with E-state index < -0.39 is 94.6 Å². The Morgan fingerprint density at radius 1 is 0.947 bits per heavy atom. The Balaban J connectivity index is 1.19. The molecule has 5 bridgehead atoms. The van der Waals surface area contributed by atoms with Crippen LogP contribution in [-0.4, -0.2) is 110 Å². The summed E-state index contributed by atoms with van der Waals surface area (Å²) in [6.07, 6.45) is 8.17. The van der Waals surface area contributed by atoms with Gasteiger partial charge in [0.15, 0.2) is 11.6 Å². The van der Waals surface area contributed by atoms with E-state index in [0.717, 1.165) is 24.6 Å². The van der Waals surface area contributed by atoms with E-state index in [-0.39, 0.29) is 56.1 Å². The van der Waals surface area contributed by atoms with E-state index in [1.54, 1.807) is 46.8 Å². The van der Waals surface area contributed by atoms with E-state index in [2.05, 4.69) is 15.8 Å². The van der Waals surface area contributed by atoms with Crippen LogP contribution >= 0.6 is 0 Å². The molecule has 1 aliphatic carbocycles. The van der Waals surface area contributed by atoms with Gasteiger partial charge in [-0.05, 0) is 76.1 Å². The fourth-order valence-electron chi connectivity index (χ4n) is 11.0. The van der Waals surface area contributed by atoms with Crippen molar-refractivity contribution in [3.05, 3.63) is 98.0 Å². The smallest absolute Gasteiger partial charge is 0.312 e. The highest BCUT2D eigenvalue weighted by atomic mass is 19.1. The van der Waals surface area contributed by atoms with Gasteiger partial charge in [-0.25, -0.2) is 4.39 Å². The van der Waals surface area contributed by atoms with Crippen LogP contribution in [0.15, 0.2) is 58.3 Å². The molecule has 1 saturated carbocycles. The van der Waals surface area contributed by atoms with E-state index in [4.69, 9.17) is 18.9 Å². The number of aliphatic hydroxyl groups excluding tert-OH is 2. The number of phenols is 3. The number of ether oxygens (including phenoxy) is 4. The summed E-state index contributed by atoms with van der Waals surface area (Å²) in [6, 6.07) is 1.54. The van der Waals surface area contributed by atoms with Crippen molar-refractivity contribution in [3.63, 3.8) is 0 Å². The summed E-state index contributed by atoms with van der Waals surface area (Å²) in [7, 11) is 1.42. The predicted molar refractivity (Wildman–Crippen MR) is 280 cm³/mol. The largest absolute Gasteiger partial charge is 0.507 e. The molecule has 2 fully saturated rings. The Morgan fingerprint density at radius 2 is 1.65 bits per heavy atom. The van der Waals surface area contributed by atoms with Crippen LogP contribution in [0.3, 0.4) is 0 Å². The summed E-state index contributed by atoms with van der Waals surface area (Å²) in [4.78, 5) is 56.2. The van der Waals surface area contributed by atoms with Crippen molar-refractivity contribution in [2.24, 2.45) is 28.8 Å². The van der Waals surface area contributed by atoms with Gasteiger partial charge in [-0.2, -0.15) is 5.10 Å². The number of benzene rings is 2. The first-order chi connectivity index (χ1) is 35.4. The lowest BCUT2D eigenvalue weighted by molar-refractivity contribution is -0.160. The van der Waals surface area contributed by atoms with Crippen molar-refractivity contribution in [2.75, 3.05) is 30.4 Å². The summed E-state index contributed by atoms with van der Waals surface area (Å²) in [6.45, 7) is 16.6. The second-order valence-electron chi connectivity index (χ2n) is 21.0. The quantitative estimate of drug-likeness (QED) is 0.0318. The zero-order chi connectivity index (χ0) is 54.7. The lowest BCUT2D eigenvalue weighted by Crippen LogP contribution is -2.46. The average Bonchev–Trinajstić information content (AvgIpc) is 4.06. The van der Waals surface area contributed by atoms with Crippen molar-refractivity contribution in [2.45, 2.75) is 131 Å². The van der Waals surface area contributed by atoms with Gasteiger partial charge in [0.25, 0.3) is 17.2 Å². The van der Waals surface area contributed by atoms with Crippen LogP contribution in [-0.2, 0) is 23.8 Å². The number of amides is 1. The van der Waals surface area contributed by atoms with E-state index in [0.29, 0.717) is 47.8 Å². The molecule has 0 spiro atoms. The molecule has 10 atom stereocenters.